The zero-order valence-electron chi connectivity index (χ0n) is 13.0. The van der Waals surface area contributed by atoms with Crippen LogP contribution in [-0.4, -0.2) is 63.8 Å². The van der Waals surface area contributed by atoms with Crippen LogP contribution in [0.3, 0.4) is 0 Å². The minimum Gasteiger partial charge on any atom is -0.481 e. The molecule has 3 heterocycles. The number of carbonyl (C=O) groups is 1. The number of H-pyrrole nitrogens is 1. The molecule has 23 heavy (non-hydrogen) atoms. The molecule has 3 rings (SSSR count). The molecule has 0 unspecified atom stereocenters. The van der Waals surface area contributed by atoms with Crippen molar-refractivity contribution in [1.82, 2.24) is 24.6 Å². The van der Waals surface area contributed by atoms with Gasteiger partial charge in [-0.05, 0) is 0 Å². The van der Waals surface area contributed by atoms with Gasteiger partial charge in [-0.2, -0.15) is 4.98 Å². The number of rotatable bonds is 3. The Labute approximate surface area is 132 Å². The summed E-state index contributed by atoms with van der Waals surface area (Å²) in [5.74, 6) is 0.943. The van der Waals surface area contributed by atoms with Crippen molar-refractivity contribution in [2.45, 2.75) is 0 Å². The smallest absolute Gasteiger partial charge is 0.272 e. The van der Waals surface area contributed by atoms with Gasteiger partial charge in [0.2, 0.25) is 11.8 Å². The maximum Gasteiger partial charge on any atom is 0.272 e. The highest BCUT2D eigenvalue weighted by atomic mass is 16.5. The molecule has 9 heteroatoms. The Bertz CT molecular complexity index is 760. The van der Waals surface area contributed by atoms with Crippen molar-refractivity contribution < 1.29 is 9.53 Å². The monoisotopic (exact) mass is 318 g/mol. The van der Waals surface area contributed by atoms with Crippen molar-refractivity contribution in [2.24, 2.45) is 7.05 Å². The van der Waals surface area contributed by atoms with E-state index in [0.717, 1.165) is 0 Å². The van der Waals surface area contributed by atoms with E-state index in [1.165, 1.54) is 10.7 Å². The standard InChI is InChI=1S/C14H18N6O3/c1-18-10(9-11(21)17-18)13(22)19-5-7-20(8-6-19)14-15-4-3-12(16-14)23-2/h3-4,9H,5-8H2,1-2H3,(H,17,21). The SMILES string of the molecule is COc1ccnc(N2CCN(C(=O)c3cc(=O)[nH]n3C)CC2)n1. The number of amides is 1. The summed E-state index contributed by atoms with van der Waals surface area (Å²) in [5.41, 5.74) is 0.0837. The summed E-state index contributed by atoms with van der Waals surface area (Å²) in [7, 11) is 3.21. The first-order valence-corrected chi connectivity index (χ1v) is 7.26. The summed E-state index contributed by atoms with van der Waals surface area (Å²) in [6.07, 6.45) is 1.65. The number of anilines is 1. The van der Waals surface area contributed by atoms with Crippen molar-refractivity contribution in [3.05, 3.63) is 34.4 Å². The van der Waals surface area contributed by atoms with Crippen molar-refractivity contribution in [3.63, 3.8) is 0 Å². The summed E-state index contributed by atoms with van der Waals surface area (Å²) in [6, 6.07) is 3.01. The molecule has 9 nitrogen and oxygen atoms in total. The highest BCUT2D eigenvalue weighted by Crippen LogP contribution is 2.15. The fraction of sp³-hybridized carbons (Fsp3) is 0.429. The van der Waals surface area contributed by atoms with Crippen LogP contribution in [0.15, 0.2) is 23.1 Å². The fourth-order valence-electron chi connectivity index (χ4n) is 2.55. The number of aromatic nitrogens is 4. The molecule has 122 valence electrons. The molecule has 0 radical (unpaired) electrons. The molecule has 1 amide bonds. The minimum absolute atomic E-state index is 0.155. The number of aryl methyl sites for hydroxylation is 1. The Hall–Kier alpha value is -2.84. The second-order valence-corrected chi connectivity index (χ2v) is 5.24. The van der Waals surface area contributed by atoms with E-state index in [-0.39, 0.29) is 11.5 Å². The van der Waals surface area contributed by atoms with Gasteiger partial charge >= 0.3 is 0 Å². The summed E-state index contributed by atoms with van der Waals surface area (Å²) in [4.78, 5) is 36.0. The molecule has 0 spiro atoms. The average Bonchev–Trinajstić information content (AvgIpc) is 2.93. The van der Waals surface area contributed by atoms with E-state index in [1.807, 2.05) is 4.90 Å². The molecular formula is C14H18N6O3. The van der Waals surface area contributed by atoms with Crippen LogP contribution in [0, 0.1) is 0 Å². The molecule has 0 atom stereocenters. The van der Waals surface area contributed by atoms with Gasteiger partial charge in [0, 0.05) is 51.6 Å². The number of nitrogens with zero attached hydrogens (tertiary/aromatic N) is 5. The third-order valence-corrected chi connectivity index (χ3v) is 3.80. The summed E-state index contributed by atoms with van der Waals surface area (Å²) >= 11 is 0. The van der Waals surface area contributed by atoms with E-state index in [2.05, 4.69) is 15.1 Å². The molecule has 1 N–H and O–H groups in total. The van der Waals surface area contributed by atoms with E-state index in [4.69, 9.17) is 4.74 Å². The Morgan fingerprint density at radius 1 is 1.30 bits per heavy atom. The van der Waals surface area contributed by atoms with Crippen molar-refractivity contribution in [2.75, 3.05) is 38.2 Å². The molecule has 1 fully saturated rings. The average molecular weight is 318 g/mol. The topological polar surface area (TPSA) is 96.4 Å². The van der Waals surface area contributed by atoms with E-state index >= 15 is 0 Å². The van der Waals surface area contributed by atoms with Gasteiger partial charge in [0.25, 0.3) is 11.5 Å². The number of ether oxygens (including phenoxy) is 1. The second kappa shape index (κ2) is 6.11. The van der Waals surface area contributed by atoms with Crippen LogP contribution in [0.5, 0.6) is 5.88 Å². The normalized spacial score (nSPS) is 14.9. The lowest BCUT2D eigenvalue weighted by atomic mass is 10.3. The van der Waals surface area contributed by atoms with Gasteiger partial charge in [-0.1, -0.05) is 0 Å². The van der Waals surface area contributed by atoms with Gasteiger partial charge in [0.1, 0.15) is 5.69 Å². The largest absolute Gasteiger partial charge is 0.481 e. The van der Waals surface area contributed by atoms with E-state index < -0.39 is 0 Å². The fourth-order valence-corrected chi connectivity index (χ4v) is 2.55. The van der Waals surface area contributed by atoms with Gasteiger partial charge in [0.05, 0.1) is 7.11 Å². The lowest BCUT2D eigenvalue weighted by molar-refractivity contribution is 0.0735. The van der Waals surface area contributed by atoms with Crippen LogP contribution in [0.2, 0.25) is 0 Å². The number of methoxy groups -OCH3 is 1. The molecule has 0 saturated carbocycles. The zero-order chi connectivity index (χ0) is 16.4. The molecule has 0 aliphatic carbocycles. The van der Waals surface area contributed by atoms with Crippen LogP contribution >= 0.6 is 0 Å². The number of hydrogen-bond donors (Lipinski definition) is 1. The van der Waals surface area contributed by atoms with Gasteiger partial charge in [-0.15, -0.1) is 0 Å². The van der Waals surface area contributed by atoms with E-state index in [9.17, 15) is 9.59 Å². The molecule has 0 bridgehead atoms. The predicted octanol–water partition coefficient (Wildman–Crippen LogP) is -0.526. The molecule has 1 saturated heterocycles. The maximum absolute atomic E-state index is 12.5. The molecular weight excluding hydrogens is 300 g/mol. The number of nitrogens with one attached hydrogen (secondary N) is 1. The van der Waals surface area contributed by atoms with Crippen molar-refractivity contribution in [3.8, 4) is 5.88 Å². The first-order valence-electron chi connectivity index (χ1n) is 7.26. The minimum atomic E-state index is -0.278. The van der Waals surface area contributed by atoms with Gasteiger partial charge in [-0.3, -0.25) is 19.4 Å². The van der Waals surface area contributed by atoms with Gasteiger partial charge in [0.15, 0.2) is 0 Å². The van der Waals surface area contributed by atoms with Crippen molar-refractivity contribution >= 4 is 11.9 Å². The van der Waals surface area contributed by atoms with Gasteiger partial charge in [-0.25, -0.2) is 4.98 Å². The van der Waals surface area contributed by atoms with Crippen LogP contribution in [-0.2, 0) is 7.05 Å². The Morgan fingerprint density at radius 3 is 2.65 bits per heavy atom. The van der Waals surface area contributed by atoms with Crippen LogP contribution in [0.1, 0.15) is 10.5 Å². The molecule has 2 aromatic heterocycles. The third-order valence-electron chi connectivity index (χ3n) is 3.80. The number of aromatic amines is 1. The predicted molar refractivity (Wildman–Crippen MR) is 82.7 cm³/mol. The number of carbonyl (C=O) groups excluding carboxylic acids is 1. The second-order valence-electron chi connectivity index (χ2n) is 5.24. The van der Waals surface area contributed by atoms with E-state index in [1.54, 1.807) is 31.3 Å². The zero-order valence-corrected chi connectivity index (χ0v) is 13.0. The third kappa shape index (κ3) is 3.03. The highest BCUT2D eigenvalue weighted by molar-refractivity contribution is 5.92. The Morgan fingerprint density at radius 2 is 2.04 bits per heavy atom. The number of hydrogen-bond acceptors (Lipinski definition) is 6. The first-order chi connectivity index (χ1) is 11.1. The Kier molecular flexibility index (Phi) is 4.00. The van der Waals surface area contributed by atoms with Crippen LogP contribution in [0.25, 0.3) is 0 Å². The Balaban J connectivity index is 1.67. The lowest BCUT2D eigenvalue weighted by Gasteiger charge is -2.34. The molecule has 1 aliphatic rings. The summed E-state index contributed by atoms with van der Waals surface area (Å²) in [6.45, 7) is 2.33. The van der Waals surface area contributed by atoms with E-state index in [0.29, 0.717) is 43.7 Å². The van der Waals surface area contributed by atoms with Crippen molar-refractivity contribution in [1.29, 1.82) is 0 Å². The first kappa shape index (κ1) is 15.1. The van der Waals surface area contributed by atoms with Crippen LogP contribution in [0.4, 0.5) is 5.95 Å². The van der Waals surface area contributed by atoms with Crippen LogP contribution < -0.4 is 15.2 Å². The molecule has 0 aromatic carbocycles. The highest BCUT2D eigenvalue weighted by Gasteiger charge is 2.25. The summed E-state index contributed by atoms with van der Waals surface area (Å²) in [5, 5.41) is 2.54. The quantitative estimate of drug-likeness (QED) is 0.817. The maximum atomic E-state index is 12.5. The van der Waals surface area contributed by atoms with Gasteiger partial charge < -0.3 is 14.5 Å². The number of piperazine rings is 1. The lowest BCUT2D eigenvalue weighted by Crippen LogP contribution is -2.49. The summed E-state index contributed by atoms with van der Waals surface area (Å²) < 4.78 is 6.55. The molecule has 2 aromatic rings. The molecule has 1 aliphatic heterocycles.